The zero-order valence-electron chi connectivity index (χ0n) is 13.5. The van der Waals surface area contributed by atoms with Crippen molar-refractivity contribution < 1.29 is 14.6 Å². The van der Waals surface area contributed by atoms with Gasteiger partial charge in [0.2, 0.25) is 0 Å². The van der Waals surface area contributed by atoms with E-state index in [9.17, 15) is 9.90 Å². The van der Waals surface area contributed by atoms with Gasteiger partial charge in [0.15, 0.2) is 12.4 Å². The Morgan fingerprint density at radius 2 is 2.17 bits per heavy atom. The Hall–Kier alpha value is -2.34. The minimum atomic E-state index is -0.599. The molecule has 1 aromatic heterocycles. The van der Waals surface area contributed by atoms with Crippen molar-refractivity contribution in [1.29, 1.82) is 0 Å². The quantitative estimate of drug-likeness (QED) is 0.888. The highest BCUT2D eigenvalue weighted by Gasteiger charge is 2.31. The molecule has 0 saturated carbocycles. The molecule has 3 rings (SSSR count). The van der Waals surface area contributed by atoms with Gasteiger partial charge in [-0.05, 0) is 25.0 Å². The van der Waals surface area contributed by atoms with Gasteiger partial charge in [-0.2, -0.15) is 5.10 Å². The first kappa shape index (κ1) is 15.6. The molecule has 122 valence electrons. The lowest BCUT2D eigenvalue weighted by Crippen LogP contribution is -2.36. The standard InChI is InChI=1S/C17H21N3O3/c1-10-17(11(2)20(3)19-10)23-9-15(22)18-16-13-7-5-4-6-12(13)8-14(16)21/h4-7,14,16,21H,8-9H2,1-3H3,(H,18,22). The highest BCUT2D eigenvalue weighted by molar-refractivity contribution is 5.78. The highest BCUT2D eigenvalue weighted by Crippen LogP contribution is 2.31. The topological polar surface area (TPSA) is 76.4 Å². The zero-order chi connectivity index (χ0) is 16.6. The maximum Gasteiger partial charge on any atom is 0.258 e. The van der Waals surface area contributed by atoms with Gasteiger partial charge in [-0.1, -0.05) is 24.3 Å². The van der Waals surface area contributed by atoms with Crippen molar-refractivity contribution in [2.75, 3.05) is 6.61 Å². The number of amides is 1. The van der Waals surface area contributed by atoms with E-state index in [1.807, 2.05) is 45.2 Å². The number of hydrogen-bond donors (Lipinski definition) is 2. The van der Waals surface area contributed by atoms with Gasteiger partial charge in [-0.25, -0.2) is 0 Å². The molecule has 0 bridgehead atoms. The number of rotatable bonds is 4. The first-order valence-electron chi connectivity index (χ1n) is 7.65. The fourth-order valence-corrected chi connectivity index (χ4v) is 3.06. The Kier molecular flexibility index (Phi) is 4.09. The van der Waals surface area contributed by atoms with Crippen LogP contribution in [0.1, 0.15) is 28.6 Å². The van der Waals surface area contributed by atoms with Crippen LogP contribution in [0.4, 0.5) is 0 Å². The van der Waals surface area contributed by atoms with Gasteiger partial charge < -0.3 is 15.2 Å². The van der Waals surface area contributed by atoms with E-state index < -0.39 is 6.10 Å². The van der Waals surface area contributed by atoms with Crippen LogP contribution < -0.4 is 10.1 Å². The average molecular weight is 315 g/mol. The molecule has 2 atom stereocenters. The summed E-state index contributed by atoms with van der Waals surface area (Å²) in [5.41, 5.74) is 3.68. The summed E-state index contributed by atoms with van der Waals surface area (Å²) in [6.07, 6.45) is -0.0405. The lowest BCUT2D eigenvalue weighted by atomic mass is 10.1. The molecule has 1 aliphatic rings. The molecule has 0 radical (unpaired) electrons. The number of fused-ring (bicyclic) bond motifs is 1. The van der Waals surface area contributed by atoms with Crippen molar-refractivity contribution >= 4 is 5.91 Å². The Balaban J connectivity index is 1.64. The van der Waals surface area contributed by atoms with E-state index in [0.717, 1.165) is 22.5 Å². The van der Waals surface area contributed by atoms with Crippen LogP contribution in [0.25, 0.3) is 0 Å². The number of ether oxygens (including phenoxy) is 1. The number of hydrogen-bond acceptors (Lipinski definition) is 4. The summed E-state index contributed by atoms with van der Waals surface area (Å²) in [6.45, 7) is 3.64. The van der Waals surface area contributed by atoms with Gasteiger partial charge >= 0.3 is 0 Å². The Morgan fingerprint density at radius 3 is 2.87 bits per heavy atom. The summed E-state index contributed by atoms with van der Waals surface area (Å²) in [7, 11) is 1.83. The van der Waals surface area contributed by atoms with Crippen molar-refractivity contribution in [3.8, 4) is 5.75 Å². The number of aliphatic hydroxyl groups is 1. The Bertz CT molecular complexity index is 739. The smallest absolute Gasteiger partial charge is 0.258 e. The zero-order valence-corrected chi connectivity index (χ0v) is 13.5. The first-order chi connectivity index (χ1) is 11.0. The van der Waals surface area contributed by atoms with E-state index in [2.05, 4.69) is 10.4 Å². The monoisotopic (exact) mass is 315 g/mol. The third-order valence-electron chi connectivity index (χ3n) is 4.31. The summed E-state index contributed by atoms with van der Waals surface area (Å²) in [4.78, 5) is 12.2. The minimum absolute atomic E-state index is 0.0985. The van der Waals surface area contributed by atoms with Crippen LogP contribution >= 0.6 is 0 Å². The van der Waals surface area contributed by atoms with Crippen LogP contribution in [0.15, 0.2) is 24.3 Å². The fourth-order valence-electron chi connectivity index (χ4n) is 3.06. The van der Waals surface area contributed by atoms with Crippen molar-refractivity contribution in [2.24, 2.45) is 7.05 Å². The highest BCUT2D eigenvalue weighted by atomic mass is 16.5. The summed E-state index contributed by atoms with van der Waals surface area (Å²) >= 11 is 0. The molecular weight excluding hydrogens is 294 g/mol. The van der Waals surface area contributed by atoms with Gasteiger partial charge in [0, 0.05) is 13.5 Å². The number of benzene rings is 1. The van der Waals surface area contributed by atoms with Gasteiger partial charge in [-0.15, -0.1) is 0 Å². The second-order valence-corrected chi connectivity index (χ2v) is 5.93. The predicted molar refractivity (Wildman–Crippen MR) is 85.2 cm³/mol. The van der Waals surface area contributed by atoms with Crippen molar-refractivity contribution in [3.05, 3.63) is 46.8 Å². The van der Waals surface area contributed by atoms with E-state index >= 15 is 0 Å². The Morgan fingerprint density at radius 1 is 1.43 bits per heavy atom. The molecule has 0 fully saturated rings. The summed E-state index contributed by atoms with van der Waals surface area (Å²) in [6, 6.07) is 7.39. The number of nitrogens with one attached hydrogen (secondary N) is 1. The molecular formula is C17H21N3O3. The summed E-state index contributed by atoms with van der Waals surface area (Å²) < 4.78 is 7.33. The molecule has 1 amide bonds. The minimum Gasteiger partial charge on any atom is -0.480 e. The molecule has 0 spiro atoms. The summed E-state index contributed by atoms with van der Waals surface area (Å²) in [5, 5.41) is 17.3. The van der Waals surface area contributed by atoms with Crippen molar-refractivity contribution in [2.45, 2.75) is 32.4 Å². The van der Waals surface area contributed by atoms with E-state index in [-0.39, 0.29) is 18.6 Å². The van der Waals surface area contributed by atoms with Crippen LogP contribution in [0.2, 0.25) is 0 Å². The van der Waals surface area contributed by atoms with Gasteiger partial charge in [0.1, 0.15) is 5.69 Å². The van der Waals surface area contributed by atoms with E-state index in [1.165, 1.54) is 0 Å². The summed E-state index contributed by atoms with van der Waals surface area (Å²) in [5.74, 6) is 0.378. The molecule has 2 aromatic rings. The number of aryl methyl sites for hydroxylation is 2. The average Bonchev–Trinajstić information content (AvgIpc) is 2.95. The third kappa shape index (κ3) is 2.94. The maximum absolute atomic E-state index is 12.2. The van der Waals surface area contributed by atoms with Crippen LogP contribution in [-0.2, 0) is 18.3 Å². The van der Waals surface area contributed by atoms with Crippen molar-refractivity contribution in [1.82, 2.24) is 15.1 Å². The lowest BCUT2D eigenvalue weighted by Gasteiger charge is -2.18. The fraction of sp³-hybridized carbons (Fsp3) is 0.412. The largest absolute Gasteiger partial charge is 0.480 e. The van der Waals surface area contributed by atoms with Gasteiger partial charge in [0.25, 0.3) is 5.91 Å². The normalized spacial score (nSPS) is 19.5. The number of carbonyl (C=O) groups excluding carboxylic acids is 1. The Labute approximate surface area is 135 Å². The van der Waals surface area contributed by atoms with Gasteiger partial charge in [-0.3, -0.25) is 9.48 Å². The van der Waals surface area contributed by atoms with Crippen molar-refractivity contribution in [3.63, 3.8) is 0 Å². The first-order valence-corrected chi connectivity index (χ1v) is 7.65. The van der Waals surface area contributed by atoms with E-state index in [1.54, 1.807) is 4.68 Å². The predicted octanol–water partition coefficient (Wildman–Crippen LogP) is 1.19. The molecule has 1 aliphatic carbocycles. The third-order valence-corrected chi connectivity index (χ3v) is 4.31. The van der Waals surface area contributed by atoms with E-state index in [4.69, 9.17) is 4.74 Å². The lowest BCUT2D eigenvalue weighted by molar-refractivity contribution is -0.124. The molecule has 2 unspecified atom stereocenters. The van der Waals surface area contributed by atoms with E-state index in [0.29, 0.717) is 12.2 Å². The molecule has 0 saturated heterocycles. The number of nitrogens with zero attached hydrogens (tertiary/aromatic N) is 2. The molecule has 6 nitrogen and oxygen atoms in total. The molecule has 2 N–H and O–H groups in total. The molecule has 1 aromatic carbocycles. The molecule has 0 aliphatic heterocycles. The number of aliphatic hydroxyl groups excluding tert-OH is 1. The number of carbonyl (C=O) groups is 1. The molecule has 6 heteroatoms. The number of aromatic nitrogens is 2. The second kappa shape index (κ2) is 6.04. The van der Waals surface area contributed by atoms with Crippen LogP contribution in [-0.4, -0.2) is 33.5 Å². The second-order valence-electron chi connectivity index (χ2n) is 5.93. The maximum atomic E-state index is 12.2. The van der Waals surface area contributed by atoms with Crippen LogP contribution in [0.5, 0.6) is 5.75 Å². The van der Waals surface area contributed by atoms with Crippen LogP contribution in [0.3, 0.4) is 0 Å². The molecule has 1 heterocycles. The molecule has 23 heavy (non-hydrogen) atoms. The van der Waals surface area contributed by atoms with Crippen LogP contribution in [0, 0.1) is 13.8 Å². The van der Waals surface area contributed by atoms with Gasteiger partial charge in [0.05, 0.1) is 17.8 Å². The SMILES string of the molecule is Cc1nn(C)c(C)c1OCC(=O)NC1c2ccccc2CC1O.